The number of hydrogen-bond donors (Lipinski definition) is 1. The highest BCUT2D eigenvalue weighted by Crippen LogP contribution is 2.63. The molecule has 0 saturated heterocycles. The van der Waals surface area contributed by atoms with Gasteiger partial charge in [-0.2, -0.15) is 5.26 Å². The first-order chi connectivity index (χ1) is 11.5. The fourth-order valence-corrected chi connectivity index (χ4v) is 6.05. The molecule has 0 heterocycles. The van der Waals surface area contributed by atoms with Crippen molar-refractivity contribution in [2.75, 3.05) is 0 Å². The molecular formula is C21H25NO2. The van der Waals surface area contributed by atoms with E-state index in [1.807, 2.05) is 6.08 Å². The Balaban J connectivity index is 1.82. The Bertz CT molecular complexity index is 723. The zero-order chi connectivity index (χ0) is 16.9. The molecule has 4 rings (SSSR count). The van der Waals surface area contributed by atoms with Crippen molar-refractivity contribution in [1.29, 1.82) is 5.26 Å². The topological polar surface area (TPSA) is 61.1 Å². The van der Waals surface area contributed by atoms with Gasteiger partial charge in [0.25, 0.3) is 0 Å². The third kappa shape index (κ3) is 1.96. The second-order valence-corrected chi connectivity index (χ2v) is 7.95. The van der Waals surface area contributed by atoms with Crippen LogP contribution in [0.3, 0.4) is 0 Å². The minimum absolute atomic E-state index is 0.222. The third-order valence-corrected chi connectivity index (χ3v) is 7.22. The summed E-state index contributed by atoms with van der Waals surface area (Å²) in [4.78, 5) is 11.7. The van der Waals surface area contributed by atoms with Gasteiger partial charge in [0.05, 0.1) is 18.1 Å². The molecular weight excluding hydrogens is 298 g/mol. The highest BCUT2D eigenvalue weighted by atomic mass is 16.3. The molecule has 4 aliphatic carbocycles. The summed E-state index contributed by atoms with van der Waals surface area (Å²) < 4.78 is 0. The smallest absolute Gasteiger partial charge is 0.156 e. The molecule has 1 unspecified atom stereocenters. The van der Waals surface area contributed by atoms with Crippen LogP contribution in [0.25, 0.3) is 0 Å². The molecule has 1 saturated carbocycles. The molecule has 0 aliphatic heterocycles. The van der Waals surface area contributed by atoms with E-state index >= 15 is 0 Å². The average molecular weight is 323 g/mol. The predicted octanol–water partition coefficient (Wildman–Crippen LogP) is 4.00. The number of fused-ring (bicyclic) bond motifs is 4. The van der Waals surface area contributed by atoms with E-state index < -0.39 is 5.60 Å². The number of carbonyl (C=O) groups excluding carboxylic acids is 1. The van der Waals surface area contributed by atoms with Crippen LogP contribution >= 0.6 is 0 Å². The van der Waals surface area contributed by atoms with Gasteiger partial charge in [0, 0.05) is 11.8 Å². The summed E-state index contributed by atoms with van der Waals surface area (Å²) in [6.07, 6.45) is 12.7. The van der Waals surface area contributed by atoms with Crippen molar-refractivity contribution in [3.05, 3.63) is 34.9 Å². The van der Waals surface area contributed by atoms with E-state index in [-0.39, 0.29) is 17.6 Å². The number of hydrogen-bond acceptors (Lipinski definition) is 3. The van der Waals surface area contributed by atoms with Crippen LogP contribution in [-0.4, -0.2) is 16.5 Å². The van der Waals surface area contributed by atoms with Crippen molar-refractivity contribution in [3.63, 3.8) is 0 Å². The molecule has 0 bridgehead atoms. The normalized spacial score (nSPS) is 40.5. The van der Waals surface area contributed by atoms with Gasteiger partial charge >= 0.3 is 0 Å². The summed E-state index contributed by atoms with van der Waals surface area (Å²) in [6.45, 7) is 2.15. The zero-order valence-corrected chi connectivity index (χ0v) is 14.3. The molecule has 0 aromatic rings. The first-order valence-corrected chi connectivity index (χ1v) is 9.30. The van der Waals surface area contributed by atoms with E-state index in [2.05, 4.69) is 25.1 Å². The summed E-state index contributed by atoms with van der Waals surface area (Å²) in [5.74, 6) is 1.16. The highest BCUT2D eigenvalue weighted by molar-refractivity contribution is 5.93. The van der Waals surface area contributed by atoms with Gasteiger partial charge in [-0.05, 0) is 73.2 Å². The molecule has 4 atom stereocenters. The Kier molecular flexibility index (Phi) is 3.58. The Labute approximate surface area is 143 Å². The number of ketones is 1. The fraction of sp³-hybridized carbons (Fsp3) is 0.619. The number of nitriles is 1. The van der Waals surface area contributed by atoms with Crippen molar-refractivity contribution in [2.45, 2.75) is 63.9 Å². The van der Waals surface area contributed by atoms with Gasteiger partial charge < -0.3 is 5.11 Å². The maximum atomic E-state index is 11.7. The lowest BCUT2D eigenvalue weighted by atomic mass is 9.56. The Morgan fingerprint density at radius 2 is 2.17 bits per heavy atom. The minimum Gasteiger partial charge on any atom is -0.388 e. The summed E-state index contributed by atoms with van der Waals surface area (Å²) in [5.41, 5.74) is 2.91. The van der Waals surface area contributed by atoms with Gasteiger partial charge in [-0.15, -0.1) is 0 Å². The van der Waals surface area contributed by atoms with Crippen molar-refractivity contribution >= 4 is 5.78 Å². The van der Waals surface area contributed by atoms with Gasteiger partial charge in [0.2, 0.25) is 0 Å². The van der Waals surface area contributed by atoms with Crippen LogP contribution in [0.5, 0.6) is 0 Å². The highest BCUT2D eigenvalue weighted by Gasteiger charge is 2.60. The molecule has 3 nitrogen and oxygen atoms in total. The standard InChI is InChI=1S/C21H25NO2/c1-2-20-9-7-17-16-6-4-15(23)13-14(16)3-5-18(17)19(20)8-10-21(20,24)11-12-22/h7,9,13,18-19,24H,2-6,8,10-11H2,1H3/t18-,19+,20?,21-/m1/s1. The SMILES string of the molecule is CCC12C=CC3=C4CCC(=O)C=C4CC[C@H]3[C@@H]1CC[C@@]2(O)CC#N. The van der Waals surface area contributed by atoms with Crippen molar-refractivity contribution in [1.82, 2.24) is 0 Å². The van der Waals surface area contributed by atoms with Crippen LogP contribution in [0.1, 0.15) is 58.3 Å². The fourth-order valence-electron chi connectivity index (χ4n) is 6.05. The molecule has 0 aromatic heterocycles. The van der Waals surface area contributed by atoms with Crippen LogP contribution < -0.4 is 0 Å². The maximum Gasteiger partial charge on any atom is 0.156 e. The molecule has 4 aliphatic rings. The van der Waals surface area contributed by atoms with Crippen molar-refractivity contribution in [2.24, 2.45) is 17.3 Å². The summed E-state index contributed by atoms with van der Waals surface area (Å²) >= 11 is 0. The Hall–Kier alpha value is -1.66. The van der Waals surface area contributed by atoms with E-state index in [9.17, 15) is 15.2 Å². The molecule has 24 heavy (non-hydrogen) atoms. The lowest BCUT2D eigenvalue weighted by Crippen LogP contribution is -2.49. The quantitative estimate of drug-likeness (QED) is 0.835. The van der Waals surface area contributed by atoms with Gasteiger partial charge in [-0.3, -0.25) is 4.79 Å². The second-order valence-electron chi connectivity index (χ2n) is 7.95. The number of carbonyl (C=O) groups is 1. The van der Waals surface area contributed by atoms with Gasteiger partial charge in [0.1, 0.15) is 0 Å². The van der Waals surface area contributed by atoms with Crippen LogP contribution in [0, 0.1) is 28.6 Å². The molecule has 3 heteroatoms. The lowest BCUT2D eigenvalue weighted by molar-refractivity contribution is -0.114. The van der Waals surface area contributed by atoms with E-state index in [0.717, 1.165) is 38.5 Å². The molecule has 126 valence electrons. The number of aliphatic hydroxyl groups is 1. The van der Waals surface area contributed by atoms with Crippen LogP contribution in [0.4, 0.5) is 0 Å². The Morgan fingerprint density at radius 3 is 2.92 bits per heavy atom. The third-order valence-electron chi connectivity index (χ3n) is 7.22. The van der Waals surface area contributed by atoms with E-state index in [0.29, 0.717) is 18.3 Å². The summed E-state index contributed by atoms with van der Waals surface area (Å²) in [6, 6.07) is 2.22. The molecule has 1 N–H and O–H groups in total. The Morgan fingerprint density at radius 1 is 1.33 bits per heavy atom. The van der Waals surface area contributed by atoms with Gasteiger partial charge in [0.15, 0.2) is 5.78 Å². The van der Waals surface area contributed by atoms with Crippen LogP contribution in [0.15, 0.2) is 34.9 Å². The monoisotopic (exact) mass is 323 g/mol. The minimum atomic E-state index is -0.882. The zero-order valence-electron chi connectivity index (χ0n) is 14.3. The van der Waals surface area contributed by atoms with Crippen LogP contribution in [0.2, 0.25) is 0 Å². The first-order valence-electron chi connectivity index (χ1n) is 9.30. The molecule has 0 radical (unpaired) electrons. The maximum absolute atomic E-state index is 11.7. The largest absolute Gasteiger partial charge is 0.388 e. The first kappa shape index (κ1) is 15.8. The second kappa shape index (κ2) is 5.43. The van der Waals surface area contributed by atoms with Crippen molar-refractivity contribution in [3.8, 4) is 6.07 Å². The average Bonchev–Trinajstić information content (AvgIpc) is 2.88. The molecule has 0 aromatic carbocycles. The van der Waals surface area contributed by atoms with E-state index in [4.69, 9.17) is 0 Å². The predicted molar refractivity (Wildman–Crippen MR) is 91.8 cm³/mol. The number of rotatable bonds is 2. The van der Waals surface area contributed by atoms with Crippen molar-refractivity contribution < 1.29 is 9.90 Å². The molecule has 1 fully saturated rings. The summed E-state index contributed by atoms with van der Waals surface area (Å²) in [7, 11) is 0. The van der Waals surface area contributed by atoms with Crippen LogP contribution in [-0.2, 0) is 4.79 Å². The lowest BCUT2D eigenvalue weighted by Gasteiger charge is -2.49. The summed E-state index contributed by atoms with van der Waals surface area (Å²) in [5, 5.41) is 20.5. The van der Waals surface area contributed by atoms with E-state index in [1.165, 1.54) is 16.7 Å². The van der Waals surface area contributed by atoms with Gasteiger partial charge in [-0.1, -0.05) is 19.1 Å². The van der Waals surface area contributed by atoms with E-state index in [1.54, 1.807) is 0 Å². The molecule has 0 spiro atoms. The van der Waals surface area contributed by atoms with Gasteiger partial charge in [-0.25, -0.2) is 0 Å². The number of nitrogens with zero attached hydrogens (tertiary/aromatic N) is 1. The number of allylic oxidation sites excluding steroid dienone is 5. The molecule has 0 amide bonds.